The number of hydrogen-bond acceptors (Lipinski definition) is 2. The van der Waals surface area contributed by atoms with Gasteiger partial charge < -0.3 is 5.73 Å². The van der Waals surface area contributed by atoms with Crippen LogP contribution in [0.1, 0.15) is 23.6 Å². The van der Waals surface area contributed by atoms with E-state index in [1.165, 1.54) is 17.7 Å². The van der Waals surface area contributed by atoms with Crippen LogP contribution in [0.2, 0.25) is 0 Å². The minimum Gasteiger partial charge on any atom is -0.330 e. The molecular weight excluding hydrogens is 207 g/mol. The van der Waals surface area contributed by atoms with Crippen molar-refractivity contribution in [3.63, 3.8) is 0 Å². The number of fused-ring (bicyclic) bond motifs is 1. The molecule has 2 N–H and O–H groups in total. The molecule has 1 heterocycles. The van der Waals surface area contributed by atoms with Gasteiger partial charge in [-0.05, 0) is 24.5 Å². The summed E-state index contributed by atoms with van der Waals surface area (Å²) in [5.41, 5.74) is 8.23. The van der Waals surface area contributed by atoms with Gasteiger partial charge in [0.15, 0.2) is 0 Å². The first-order valence-electron chi connectivity index (χ1n) is 4.05. The van der Waals surface area contributed by atoms with Gasteiger partial charge in [-0.1, -0.05) is 6.07 Å². The molecule has 1 aliphatic rings. The minimum atomic E-state index is 0. The molecule has 1 atom stereocenters. The van der Waals surface area contributed by atoms with Crippen LogP contribution in [-0.2, 0) is 6.42 Å². The van der Waals surface area contributed by atoms with Gasteiger partial charge in [0.1, 0.15) is 0 Å². The molecule has 0 aromatic carbocycles. The smallest absolute Gasteiger partial charge is 0.0479 e. The van der Waals surface area contributed by atoms with Crippen molar-refractivity contribution in [3.05, 3.63) is 29.6 Å². The maximum absolute atomic E-state index is 5.61. The zero-order valence-corrected chi connectivity index (χ0v) is 8.90. The van der Waals surface area contributed by atoms with Gasteiger partial charge in [0.05, 0.1) is 0 Å². The number of pyridine rings is 1. The maximum Gasteiger partial charge on any atom is 0.0479 e. The second-order valence-electron chi connectivity index (χ2n) is 3.02. The van der Waals surface area contributed by atoms with Crippen LogP contribution in [0.4, 0.5) is 0 Å². The molecule has 1 aromatic heterocycles. The standard InChI is InChI=1S/C9H12N2.2ClH/c10-6-8-4-3-7-2-1-5-11-9(7)8;;/h1-2,5,8H,3-4,6,10H2;2*1H. The van der Waals surface area contributed by atoms with E-state index < -0.39 is 0 Å². The highest BCUT2D eigenvalue weighted by Crippen LogP contribution is 2.29. The molecule has 0 radical (unpaired) electrons. The predicted molar refractivity (Wildman–Crippen MR) is 58.8 cm³/mol. The molecule has 0 aliphatic heterocycles. The monoisotopic (exact) mass is 220 g/mol. The zero-order chi connectivity index (χ0) is 7.68. The Morgan fingerprint density at radius 3 is 2.92 bits per heavy atom. The molecule has 2 nitrogen and oxygen atoms in total. The predicted octanol–water partition coefficient (Wildman–Crippen LogP) is 1.91. The fourth-order valence-electron chi connectivity index (χ4n) is 1.73. The van der Waals surface area contributed by atoms with E-state index in [4.69, 9.17) is 5.73 Å². The molecule has 2 rings (SSSR count). The summed E-state index contributed by atoms with van der Waals surface area (Å²) in [5, 5.41) is 0. The van der Waals surface area contributed by atoms with Gasteiger partial charge in [0.2, 0.25) is 0 Å². The molecule has 13 heavy (non-hydrogen) atoms. The van der Waals surface area contributed by atoms with E-state index in [0.29, 0.717) is 5.92 Å². The summed E-state index contributed by atoms with van der Waals surface area (Å²) in [6.07, 6.45) is 4.20. The highest BCUT2D eigenvalue weighted by atomic mass is 35.5. The Kier molecular flexibility index (Phi) is 5.30. The number of nitrogens with zero attached hydrogens (tertiary/aromatic N) is 1. The number of aromatic nitrogens is 1. The van der Waals surface area contributed by atoms with E-state index in [-0.39, 0.29) is 24.8 Å². The van der Waals surface area contributed by atoms with E-state index in [0.717, 1.165) is 13.0 Å². The molecular formula is C9H14Cl2N2. The fraction of sp³-hybridized carbons (Fsp3) is 0.444. The number of halogens is 2. The van der Waals surface area contributed by atoms with Crippen molar-refractivity contribution in [2.45, 2.75) is 18.8 Å². The van der Waals surface area contributed by atoms with Gasteiger partial charge in [-0.2, -0.15) is 0 Å². The second kappa shape index (κ2) is 5.43. The summed E-state index contributed by atoms with van der Waals surface area (Å²) in [6, 6.07) is 4.15. The molecule has 0 amide bonds. The normalized spacial score (nSPS) is 18.4. The van der Waals surface area contributed by atoms with E-state index in [9.17, 15) is 0 Å². The summed E-state index contributed by atoms with van der Waals surface area (Å²) in [6.45, 7) is 0.740. The van der Waals surface area contributed by atoms with Crippen LogP contribution in [-0.4, -0.2) is 11.5 Å². The third kappa shape index (κ3) is 2.33. The molecule has 1 unspecified atom stereocenters. The summed E-state index contributed by atoms with van der Waals surface area (Å²) < 4.78 is 0. The summed E-state index contributed by atoms with van der Waals surface area (Å²) in [7, 11) is 0. The largest absolute Gasteiger partial charge is 0.330 e. The Morgan fingerprint density at radius 2 is 2.23 bits per heavy atom. The lowest BCUT2D eigenvalue weighted by Gasteiger charge is -2.04. The molecule has 0 fully saturated rings. The van der Waals surface area contributed by atoms with Crippen LogP contribution in [0, 0.1) is 0 Å². The zero-order valence-electron chi connectivity index (χ0n) is 7.27. The Hall–Kier alpha value is -0.310. The van der Waals surface area contributed by atoms with Crippen LogP contribution in [0.15, 0.2) is 18.3 Å². The van der Waals surface area contributed by atoms with Crippen molar-refractivity contribution in [3.8, 4) is 0 Å². The first kappa shape index (κ1) is 12.7. The quantitative estimate of drug-likeness (QED) is 0.786. The molecule has 0 bridgehead atoms. The number of rotatable bonds is 1. The first-order valence-corrected chi connectivity index (χ1v) is 4.05. The number of aryl methyl sites for hydroxylation is 1. The second-order valence-corrected chi connectivity index (χ2v) is 3.02. The molecule has 74 valence electrons. The molecule has 1 aromatic rings. The Bertz CT molecular complexity index is 266. The SMILES string of the molecule is Cl.Cl.NCC1CCc2cccnc21. The Morgan fingerprint density at radius 1 is 1.46 bits per heavy atom. The number of hydrogen-bond donors (Lipinski definition) is 1. The molecule has 4 heteroatoms. The first-order chi connectivity index (χ1) is 5.42. The van der Waals surface area contributed by atoms with Crippen molar-refractivity contribution in [1.82, 2.24) is 4.98 Å². The average Bonchev–Trinajstić information content (AvgIpc) is 2.47. The van der Waals surface area contributed by atoms with Gasteiger partial charge in [0.25, 0.3) is 0 Å². The van der Waals surface area contributed by atoms with Gasteiger partial charge in [-0.15, -0.1) is 24.8 Å². The molecule has 0 saturated heterocycles. The Labute approximate surface area is 90.8 Å². The van der Waals surface area contributed by atoms with Gasteiger partial charge >= 0.3 is 0 Å². The van der Waals surface area contributed by atoms with Gasteiger partial charge in [-0.25, -0.2) is 0 Å². The van der Waals surface area contributed by atoms with Crippen LogP contribution >= 0.6 is 24.8 Å². The molecule has 1 aliphatic carbocycles. The molecule has 0 saturated carbocycles. The van der Waals surface area contributed by atoms with Crippen LogP contribution in [0.5, 0.6) is 0 Å². The lowest BCUT2D eigenvalue weighted by Crippen LogP contribution is -2.10. The summed E-state index contributed by atoms with van der Waals surface area (Å²) >= 11 is 0. The lowest BCUT2D eigenvalue weighted by molar-refractivity contribution is 0.674. The summed E-state index contributed by atoms with van der Waals surface area (Å²) in [5.74, 6) is 0.520. The average molecular weight is 221 g/mol. The van der Waals surface area contributed by atoms with E-state index in [1.807, 2.05) is 12.3 Å². The van der Waals surface area contributed by atoms with E-state index in [2.05, 4.69) is 11.1 Å². The van der Waals surface area contributed by atoms with E-state index >= 15 is 0 Å². The third-order valence-electron chi connectivity index (χ3n) is 2.36. The molecule has 0 spiro atoms. The van der Waals surface area contributed by atoms with Crippen molar-refractivity contribution >= 4 is 24.8 Å². The summed E-state index contributed by atoms with van der Waals surface area (Å²) in [4.78, 5) is 4.33. The van der Waals surface area contributed by atoms with Crippen molar-refractivity contribution in [2.75, 3.05) is 6.54 Å². The van der Waals surface area contributed by atoms with Crippen molar-refractivity contribution in [1.29, 1.82) is 0 Å². The highest BCUT2D eigenvalue weighted by Gasteiger charge is 2.21. The third-order valence-corrected chi connectivity index (χ3v) is 2.36. The van der Waals surface area contributed by atoms with Gasteiger partial charge in [-0.3, -0.25) is 4.98 Å². The van der Waals surface area contributed by atoms with Crippen molar-refractivity contribution in [2.24, 2.45) is 5.73 Å². The number of nitrogens with two attached hydrogens (primary N) is 1. The van der Waals surface area contributed by atoms with Crippen LogP contribution in [0.25, 0.3) is 0 Å². The maximum atomic E-state index is 5.61. The fourth-order valence-corrected chi connectivity index (χ4v) is 1.73. The highest BCUT2D eigenvalue weighted by molar-refractivity contribution is 5.85. The van der Waals surface area contributed by atoms with Crippen molar-refractivity contribution < 1.29 is 0 Å². The van der Waals surface area contributed by atoms with E-state index in [1.54, 1.807) is 0 Å². The lowest BCUT2D eigenvalue weighted by atomic mass is 10.1. The van der Waals surface area contributed by atoms with Crippen LogP contribution < -0.4 is 5.73 Å². The van der Waals surface area contributed by atoms with Crippen LogP contribution in [0.3, 0.4) is 0 Å². The topological polar surface area (TPSA) is 38.9 Å². The minimum absolute atomic E-state index is 0. The Balaban J connectivity index is 0.000000720. The van der Waals surface area contributed by atoms with Gasteiger partial charge in [0, 0.05) is 24.4 Å².